The molecule has 17 heavy (non-hydrogen) atoms. The van der Waals surface area contributed by atoms with Gasteiger partial charge in [0, 0.05) is 11.8 Å². The molecule has 0 aliphatic rings. The van der Waals surface area contributed by atoms with Gasteiger partial charge in [0.05, 0.1) is 6.61 Å². The van der Waals surface area contributed by atoms with Crippen LogP contribution in [0.15, 0.2) is 6.20 Å². The minimum absolute atomic E-state index is 0.492. The van der Waals surface area contributed by atoms with Crippen molar-refractivity contribution in [1.82, 2.24) is 4.98 Å². The molecule has 0 atom stereocenters. The number of halogens is 6. The van der Waals surface area contributed by atoms with E-state index in [9.17, 15) is 26.3 Å². The van der Waals surface area contributed by atoms with Crippen molar-refractivity contribution in [3.63, 3.8) is 0 Å². The zero-order valence-corrected chi connectivity index (χ0v) is 7.93. The number of alkyl halides is 5. The predicted octanol–water partition coefficient (Wildman–Crippen LogP) is 2.55. The van der Waals surface area contributed by atoms with E-state index in [1.54, 1.807) is 0 Å². The molecular weight excluding hydrogens is 256 g/mol. The number of hydrogen-bond acceptors (Lipinski definition) is 3. The maximum Gasteiger partial charge on any atom is 0.573 e. The lowest BCUT2D eigenvalue weighted by Crippen LogP contribution is -2.20. The topological polar surface area (TPSA) is 42.4 Å². The molecule has 0 fully saturated rings. The number of aliphatic hydroxyl groups excluding tert-OH is 1. The van der Waals surface area contributed by atoms with Crippen LogP contribution < -0.4 is 4.74 Å². The summed E-state index contributed by atoms with van der Waals surface area (Å²) in [5.74, 6) is -3.44. The Morgan fingerprint density at radius 2 is 1.94 bits per heavy atom. The molecule has 1 rings (SSSR count). The van der Waals surface area contributed by atoms with Crippen LogP contribution in [0.4, 0.5) is 26.3 Å². The van der Waals surface area contributed by atoms with Crippen LogP contribution >= 0.6 is 0 Å². The van der Waals surface area contributed by atoms with E-state index in [1.807, 2.05) is 0 Å². The van der Waals surface area contributed by atoms with Crippen molar-refractivity contribution in [2.75, 3.05) is 0 Å². The highest BCUT2D eigenvalue weighted by molar-refractivity contribution is 5.35. The summed E-state index contributed by atoms with van der Waals surface area (Å²) in [6.07, 6.45) is -8.16. The molecule has 96 valence electrons. The zero-order valence-electron chi connectivity index (χ0n) is 7.93. The van der Waals surface area contributed by atoms with Crippen LogP contribution in [0, 0.1) is 5.82 Å². The van der Waals surface area contributed by atoms with Gasteiger partial charge in [-0.05, 0) is 0 Å². The quantitative estimate of drug-likeness (QED) is 0.850. The molecule has 0 radical (unpaired) electrons. The summed E-state index contributed by atoms with van der Waals surface area (Å²) in [4.78, 5) is 2.91. The molecule has 1 aromatic rings. The molecule has 0 bridgehead atoms. The van der Waals surface area contributed by atoms with Crippen molar-refractivity contribution < 1.29 is 36.2 Å². The Balaban J connectivity index is 3.28. The van der Waals surface area contributed by atoms with Crippen LogP contribution in [0.25, 0.3) is 0 Å². The minimum atomic E-state index is -5.26. The number of pyridine rings is 1. The standard InChI is InChI=1S/C8H5F6NO2/c9-4-5(7(10)11)15-1-3(2-16)6(4)17-8(12,13)14/h1,7,16H,2H2. The summed E-state index contributed by atoms with van der Waals surface area (Å²) in [6, 6.07) is 0. The number of rotatable bonds is 3. The first kappa shape index (κ1) is 13.6. The normalized spacial score (nSPS) is 12.0. The molecule has 0 amide bonds. The van der Waals surface area contributed by atoms with E-state index in [4.69, 9.17) is 5.11 Å². The first-order valence-electron chi connectivity index (χ1n) is 4.08. The average molecular weight is 261 g/mol. The molecule has 0 aromatic carbocycles. The Morgan fingerprint density at radius 3 is 2.35 bits per heavy atom. The van der Waals surface area contributed by atoms with E-state index in [2.05, 4.69) is 9.72 Å². The molecule has 0 saturated heterocycles. The van der Waals surface area contributed by atoms with Crippen LogP contribution in [0.5, 0.6) is 5.75 Å². The number of aromatic nitrogens is 1. The van der Waals surface area contributed by atoms with E-state index < -0.39 is 42.2 Å². The Kier molecular flexibility index (Phi) is 3.81. The summed E-state index contributed by atoms with van der Waals surface area (Å²) in [6.45, 7) is -1.03. The lowest BCUT2D eigenvalue weighted by molar-refractivity contribution is -0.276. The summed E-state index contributed by atoms with van der Waals surface area (Å²) >= 11 is 0. The largest absolute Gasteiger partial charge is 0.573 e. The molecule has 0 unspecified atom stereocenters. The summed E-state index contributed by atoms with van der Waals surface area (Å²) in [7, 11) is 0. The molecule has 1 heterocycles. The van der Waals surface area contributed by atoms with E-state index in [1.165, 1.54) is 0 Å². The fourth-order valence-corrected chi connectivity index (χ4v) is 1.01. The van der Waals surface area contributed by atoms with Crippen LogP contribution in [0.2, 0.25) is 0 Å². The molecule has 0 aliphatic carbocycles. The maximum atomic E-state index is 13.2. The Labute approximate surface area is 90.6 Å². The lowest BCUT2D eigenvalue weighted by Gasteiger charge is -2.14. The molecule has 1 aromatic heterocycles. The lowest BCUT2D eigenvalue weighted by atomic mass is 10.2. The second kappa shape index (κ2) is 4.78. The van der Waals surface area contributed by atoms with Gasteiger partial charge in [-0.25, -0.2) is 13.2 Å². The van der Waals surface area contributed by atoms with Crippen molar-refractivity contribution in [3.05, 3.63) is 23.3 Å². The SMILES string of the molecule is OCc1cnc(C(F)F)c(F)c1OC(F)(F)F. The maximum absolute atomic E-state index is 13.2. The Hall–Kier alpha value is -1.51. The molecule has 9 heteroatoms. The zero-order chi connectivity index (χ0) is 13.2. The highest BCUT2D eigenvalue weighted by atomic mass is 19.4. The van der Waals surface area contributed by atoms with Crippen molar-refractivity contribution >= 4 is 0 Å². The molecular formula is C8H5F6NO2. The van der Waals surface area contributed by atoms with Gasteiger partial charge in [-0.1, -0.05) is 0 Å². The number of aliphatic hydroxyl groups is 1. The third-order valence-electron chi connectivity index (χ3n) is 1.67. The van der Waals surface area contributed by atoms with Crippen LogP contribution in [-0.4, -0.2) is 16.5 Å². The predicted molar refractivity (Wildman–Crippen MR) is 41.8 cm³/mol. The summed E-state index contributed by atoms with van der Waals surface area (Å²) in [5, 5.41) is 8.63. The second-order valence-corrected chi connectivity index (χ2v) is 2.82. The van der Waals surface area contributed by atoms with Gasteiger partial charge in [0.1, 0.15) is 5.69 Å². The minimum Gasteiger partial charge on any atom is -0.402 e. The van der Waals surface area contributed by atoms with E-state index in [-0.39, 0.29) is 0 Å². The third kappa shape index (κ3) is 3.22. The van der Waals surface area contributed by atoms with E-state index >= 15 is 0 Å². The van der Waals surface area contributed by atoms with Gasteiger partial charge < -0.3 is 9.84 Å². The van der Waals surface area contributed by atoms with Gasteiger partial charge in [0.25, 0.3) is 6.43 Å². The van der Waals surface area contributed by atoms with Crippen LogP contribution in [-0.2, 0) is 6.61 Å². The van der Waals surface area contributed by atoms with Gasteiger partial charge in [0.15, 0.2) is 11.6 Å². The highest BCUT2D eigenvalue weighted by Crippen LogP contribution is 2.33. The summed E-state index contributed by atoms with van der Waals surface area (Å²) < 4.78 is 76.5. The van der Waals surface area contributed by atoms with Crippen molar-refractivity contribution in [2.24, 2.45) is 0 Å². The number of ether oxygens (including phenoxy) is 1. The first-order valence-corrected chi connectivity index (χ1v) is 4.08. The second-order valence-electron chi connectivity index (χ2n) is 2.82. The number of nitrogens with zero attached hydrogens (tertiary/aromatic N) is 1. The van der Waals surface area contributed by atoms with Gasteiger partial charge in [-0.2, -0.15) is 0 Å². The molecule has 0 spiro atoms. The van der Waals surface area contributed by atoms with Crippen LogP contribution in [0.3, 0.4) is 0 Å². The highest BCUT2D eigenvalue weighted by Gasteiger charge is 2.35. The van der Waals surface area contributed by atoms with Gasteiger partial charge in [-0.3, -0.25) is 4.98 Å². The Morgan fingerprint density at radius 1 is 1.35 bits per heavy atom. The smallest absolute Gasteiger partial charge is 0.402 e. The first-order chi connectivity index (χ1) is 7.76. The molecule has 1 N–H and O–H groups in total. The van der Waals surface area contributed by atoms with Crippen molar-refractivity contribution in [3.8, 4) is 5.75 Å². The van der Waals surface area contributed by atoms with Crippen molar-refractivity contribution in [1.29, 1.82) is 0 Å². The van der Waals surface area contributed by atoms with Gasteiger partial charge in [0.2, 0.25) is 0 Å². The molecule has 0 aliphatic heterocycles. The average Bonchev–Trinajstić information content (AvgIpc) is 2.18. The monoisotopic (exact) mass is 261 g/mol. The fraction of sp³-hybridized carbons (Fsp3) is 0.375. The molecule has 0 saturated carbocycles. The Bertz CT molecular complexity index is 406. The van der Waals surface area contributed by atoms with Crippen molar-refractivity contribution in [2.45, 2.75) is 19.4 Å². The third-order valence-corrected chi connectivity index (χ3v) is 1.67. The number of hydrogen-bond donors (Lipinski definition) is 1. The van der Waals surface area contributed by atoms with E-state index in [0.29, 0.717) is 6.20 Å². The summed E-state index contributed by atoms with van der Waals surface area (Å²) in [5.41, 5.74) is -2.15. The van der Waals surface area contributed by atoms with E-state index in [0.717, 1.165) is 0 Å². The molecule has 3 nitrogen and oxygen atoms in total. The van der Waals surface area contributed by atoms with Crippen LogP contribution in [0.1, 0.15) is 17.7 Å². The fourth-order valence-electron chi connectivity index (χ4n) is 1.01. The van der Waals surface area contributed by atoms with Gasteiger partial charge in [-0.15, -0.1) is 13.2 Å². The van der Waals surface area contributed by atoms with Gasteiger partial charge >= 0.3 is 6.36 Å².